The summed E-state index contributed by atoms with van der Waals surface area (Å²) in [4.78, 5) is 0. The van der Waals surface area contributed by atoms with Gasteiger partial charge >= 0.3 is 0 Å². The topological polar surface area (TPSA) is 0 Å². The summed E-state index contributed by atoms with van der Waals surface area (Å²) < 4.78 is 0. The maximum Gasteiger partial charge on any atom is 0.0165 e. The van der Waals surface area contributed by atoms with Crippen LogP contribution in [0.4, 0.5) is 0 Å². The van der Waals surface area contributed by atoms with E-state index in [4.69, 9.17) is 0 Å². The lowest BCUT2D eigenvalue weighted by atomic mass is 9.75. The first-order valence-electron chi connectivity index (χ1n) is 16.0. The van der Waals surface area contributed by atoms with Gasteiger partial charge in [-0.15, -0.1) is 0 Å². The number of hydrogen-bond acceptors (Lipinski definition) is 0. The lowest BCUT2D eigenvalue weighted by Crippen LogP contribution is -2.16. The summed E-state index contributed by atoms with van der Waals surface area (Å²) in [7, 11) is 0. The standard InChI is InChI=1S/C45H30/c1-45(2)38-24-12-23-35-31-21-10-15-28-16-11-22-32(40(28)31)36-25-26-37(44(45)43(36)42(35)38)41-33-19-8-6-17-29(33)39(27-13-4-3-5-14-27)30-18-7-9-20-34(30)41/h3-26H,1-2H3. The molecule has 0 atom stereocenters. The largest absolute Gasteiger partial charge is 0.0622 e. The van der Waals surface area contributed by atoms with Crippen LogP contribution in [0.2, 0.25) is 0 Å². The minimum absolute atomic E-state index is 0.174. The van der Waals surface area contributed by atoms with E-state index in [2.05, 4.69) is 159 Å². The monoisotopic (exact) mass is 570 g/mol. The van der Waals surface area contributed by atoms with E-state index in [9.17, 15) is 0 Å². The molecule has 2 aliphatic carbocycles. The van der Waals surface area contributed by atoms with Gasteiger partial charge < -0.3 is 0 Å². The zero-order valence-electron chi connectivity index (χ0n) is 25.4. The Balaban J connectivity index is 1.40. The van der Waals surface area contributed by atoms with Crippen LogP contribution in [-0.2, 0) is 5.41 Å². The third kappa shape index (κ3) is 3.16. The van der Waals surface area contributed by atoms with Gasteiger partial charge in [-0.05, 0) is 99.1 Å². The second-order valence-electron chi connectivity index (χ2n) is 13.2. The van der Waals surface area contributed by atoms with Crippen LogP contribution >= 0.6 is 0 Å². The van der Waals surface area contributed by atoms with E-state index in [1.54, 1.807) is 0 Å². The van der Waals surface area contributed by atoms with E-state index >= 15 is 0 Å². The van der Waals surface area contributed by atoms with E-state index in [1.807, 2.05) is 0 Å². The molecule has 0 bridgehead atoms. The molecule has 2 aliphatic rings. The normalized spacial score (nSPS) is 13.7. The zero-order chi connectivity index (χ0) is 29.9. The van der Waals surface area contributed by atoms with Gasteiger partial charge in [-0.1, -0.05) is 159 Å². The van der Waals surface area contributed by atoms with Crippen LogP contribution in [0.1, 0.15) is 25.0 Å². The van der Waals surface area contributed by atoms with Crippen LogP contribution in [0.5, 0.6) is 0 Å². The Bertz CT molecular complexity index is 2480. The van der Waals surface area contributed by atoms with Gasteiger partial charge in [-0.25, -0.2) is 0 Å². The van der Waals surface area contributed by atoms with Crippen molar-refractivity contribution in [3.05, 3.63) is 157 Å². The van der Waals surface area contributed by atoms with E-state index in [-0.39, 0.29) is 5.41 Å². The lowest BCUT2D eigenvalue weighted by Gasteiger charge is -2.27. The average molecular weight is 571 g/mol. The number of hydrogen-bond donors (Lipinski definition) is 0. The highest BCUT2D eigenvalue weighted by Crippen LogP contribution is 2.61. The highest BCUT2D eigenvalue weighted by Gasteiger charge is 2.42. The summed E-state index contributed by atoms with van der Waals surface area (Å²) in [5.74, 6) is 0. The van der Waals surface area contributed by atoms with Gasteiger partial charge in [-0.3, -0.25) is 0 Å². The first kappa shape index (κ1) is 24.9. The zero-order valence-corrected chi connectivity index (χ0v) is 25.4. The van der Waals surface area contributed by atoms with Crippen LogP contribution in [0.15, 0.2) is 146 Å². The molecule has 0 aromatic heterocycles. The number of rotatable bonds is 2. The molecule has 8 aromatic carbocycles. The Hall–Kier alpha value is -5.46. The lowest BCUT2D eigenvalue weighted by molar-refractivity contribution is 0.662. The Morgan fingerprint density at radius 2 is 0.867 bits per heavy atom. The Morgan fingerprint density at radius 1 is 0.356 bits per heavy atom. The molecule has 45 heavy (non-hydrogen) atoms. The van der Waals surface area contributed by atoms with Crippen molar-refractivity contribution in [3.8, 4) is 55.6 Å². The van der Waals surface area contributed by atoms with Gasteiger partial charge in [0.15, 0.2) is 0 Å². The van der Waals surface area contributed by atoms with E-state index in [0.29, 0.717) is 0 Å². The highest BCUT2D eigenvalue weighted by molar-refractivity contribution is 6.23. The maximum atomic E-state index is 2.44. The van der Waals surface area contributed by atoms with Crippen LogP contribution in [0.3, 0.4) is 0 Å². The van der Waals surface area contributed by atoms with E-state index in [1.165, 1.54) is 99.1 Å². The fourth-order valence-corrected chi connectivity index (χ4v) is 8.77. The molecule has 0 nitrogen and oxygen atoms in total. The molecular formula is C45H30. The fourth-order valence-electron chi connectivity index (χ4n) is 8.77. The summed E-state index contributed by atoms with van der Waals surface area (Å²) >= 11 is 0. The highest BCUT2D eigenvalue weighted by atomic mass is 14.4. The molecule has 0 aliphatic heterocycles. The quantitative estimate of drug-likeness (QED) is 0.181. The van der Waals surface area contributed by atoms with Gasteiger partial charge in [-0.2, -0.15) is 0 Å². The Morgan fingerprint density at radius 3 is 1.51 bits per heavy atom. The van der Waals surface area contributed by atoms with Crippen molar-refractivity contribution in [1.82, 2.24) is 0 Å². The molecule has 8 aromatic rings. The van der Waals surface area contributed by atoms with Crippen molar-refractivity contribution in [2.45, 2.75) is 19.3 Å². The van der Waals surface area contributed by atoms with Gasteiger partial charge in [0.2, 0.25) is 0 Å². The maximum absolute atomic E-state index is 2.44. The SMILES string of the molecule is CC1(C)c2cccc3c2-c2c(ccc(-c4c5ccccc5c(-c5ccccc5)c5ccccc45)c21)-c1cccc2cccc-3c12. The van der Waals surface area contributed by atoms with Crippen molar-refractivity contribution in [3.63, 3.8) is 0 Å². The molecule has 0 N–H and O–H groups in total. The van der Waals surface area contributed by atoms with Gasteiger partial charge in [0.05, 0.1) is 0 Å². The molecule has 0 unspecified atom stereocenters. The molecule has 0 spiro atoms. The molecule has 0 fully saturated rings. The van der Waals surface area contributed by atoms with Gasteiger partial charge in [0.1, 0.15) is 0 Å². The van der Waals surface area contributed by atoms with Crippen LogP contribution in [0, 0.1) is 0 Å². The molecule has 0 radical (unpaired) electrons. The predicted molar refractivity (Wildman–Crippen MR) is 192 cm³/mol. The minimum Gasteiger partial charge on any atom is -0.0622 e. The Kier molecular flexibility index (Phi) is 4.88. The summed E-state index contributed by atoms with van der Waals surface area (Å²) in [6.45, 7) is 4.87. The molecule has 210 valence electrons. The third-order valence-electron chi connectivity index (χ3n) is 10.6. The molecule has 10 rings (SSSR count). The number of fused-ring (bicyclic) bond motifs is 4. The molecular weight excluding hydrogens is 540 g/mol. The third-order valence-corrected chi connectivity index (χ3v) is 10.6. The molecule has 0 saturated carbocycles. The van der Waals surface area contributed by atoms with E-state index in [0.717, 1.165) is 0 Å². The number of benzene rings is 8. The van der Waals surface area contributed by atoms with Gasteiger partial charge in [0.25, 0.3) is 0 Å². The second kappa shape index (κ2) is 8.80. The fraction of sp³-hybridized carbons (Fsp3) is 0.0667. The van der Waals surface area contributed by atoms with Crippen LogP contribution in [-0.4, -0.2) is 0 Å². The molecule has 0 amide bonds. The molecule has 0 heteroatoms. The Labute approximate surface area is 263 Å². The minimum atomic E-state index is -0.174. The summed E-state index contributed by atoms with van der Waals surface area (Å²) in [6, 6.07) is 54.4. The summed E-state index contributed by atoms with van der Waals surface area (Å²) in [5, 5.41) is 7.86. The van der Waals surface area contributed by atoms with E-state index < -0.39 is 0 Å². The first-order valence-corrected chi connectivity index (χ1v) is 16.0. The van der Waals surface area contributed by atoms with Crippen LogP contribution in [0.25, 0.3) is 88.0 Å². The predicted octanol–water partition coefficient (Wildman–Crippen LogP) is 12.4. The smallest absolute Gasteiger partial charge is 0.0165 e. The summed E-state index contributed by atoms with van der Waals surface area (Å²) in [6.07, 6.45) is 0. The molecule has 0 heterocycles. The van der Waals surface area contributed by atoms with Crippen molar-refractivity contribution < 1.29 is 0 Å². The van der Waals surface area contributed by atoms with Crippen molar-refractivity contribution >= 4 is 32.3 Å². The molecule has 0 saturated heterocycles. The van der Waals surface area contributed by atoms with Crippen molar-refractivity contribution in [2.24, 2.45) is 0 Å². The second-order valence-corrected chi connectivity index (χ2v) is 13.2. The van der Waals surface area contributed by atoms with Crippen molar-refractivity contribution in [2.75, 3.05) is 0 Å². The first-order chi connectivity index (χ1) is 22.1. The summed E-state index contributed by atoms with van der Waals surface area (Å²) in [5.41, 5.74) is 16.1. The average Bonchev–Trinajstić information content (AvgIpc) is 3.26. The van der Waals surface area contributed by atoms with Crippen LogP contribution < -0.4 is 0 Å². The van der Waals surface area contributed by atoms with Crippen molar-refractivity contribution in [1.29, 1.82) is 0 Å². The van der Waals surface area contributed by atoms with Gasteiger partial charge in [0, 0.05) is 5.41 Å².